The van der Waals surface area contributed by atoms with Crippen LogP contribution in [0, 0.1) is 20.8 Å². The van der Waals surface area contributed by atoms with Crippen LogP contribution in [-0.2, 0) is 5.88 Å². The van der Waals surface area contributed by atoms with Gasteiger partial charge in [-0.2, -0.15) is 0 Å². The highest BCUT2D eigenvalue weighted by atomic mass is 35.5. The average molecular weight is 275 g/mol. The molecule has 0 spiro atoms. The van der Waals surface area contributed by atoms with Crippen LogP contribution in [0.4, 0.5) is 11.5 Å². The van der Waals surface area contributed by atoms with E-state index in [-0.39, 0.29) is 0 Å². The number of anilines is 2. The number of rotatable bonds is 3. The third-order valence-corrected chi connectivity index (χ3v) is 3.65. The number of aryl methyl sites for hydroxylation is 3. The molecule has 0 fully saturated rings. The molecule has 0 aliphatic carbocycles. The van der Waals surface area contributed by atoms with E-state index in [1.165, 1.54) is 11.1 Å². The molecule has 1 aromatic heterocycles. The Morgan fingerprint density at radius 2 is 1.79 bits per heavy atom. The van der Waals surface area contributed by atoms with Gasteiger partial charge in [-0.05, 0) is 44.0 Å². The summed E-state index contributed by atoms with van der Waals surface area (Å²) in [7, 11) is 2.04. The molecule has 2 nitrogen and oxygen atoms in total. The van der Waals surface area contributed by atoms with Gasteiger partial charge in [0.2, 0.25) is 0 Å². The van der Waals surface area contributed by atoms with Crippen LogP contribution in [-0.4, -0.2) is 12.0 Å². The number of halogens is 1. The molecule has 0 unspecified atom stereocenters. The first-order valence-electron chi connectivity index (χ1n) is 6.37. The molecule has 0 aliphatic heterocycles. The second-order valence-electron chi connectivity index (χ2n) is 4.86. The Hall–Kier alpha value is -1.54. The van der Waals surface area contributed by atoms with Crippen molar-refractivity contribution in [3.8, 4) is 0 Å². The molecular formula is C16H19ClN2. The summed E-state index contributed by atoms with van der Waals surface area (Å²) in [5.74, 6) is 1.42. The Labute approximate surface area is 120 Å². The molecule has 0 aliphatic rings. The normalized spacial score (nSPS) is 10.6. The predicted molar refractivity (Wildman–Crippen MR) is 82.5 cm³/mol. The summed E-state index contributed by atoms with van der Waals surface area (Å²) in [6.45, 7) is 6.21. The van der Waals surface area contributed by atoms with E-state index < -0.39 is 0 Å². The number of hydrogen-bond acceptors (Lipinski definition) is 2. The summed E-state index contributed by atoms with van der Waals surface area (Å²) in [5, 5.41) is 0. The zero-order valence-electron chi connectivity index (χ0n) is 11.9. The van der Waals surface area contributed by atoms with Gasteiger partial charge in [0.1, 0.15) is 5.82 Å². The Morgan fingerprint density at radius 3 is 2.42 bits per heavy atom. The van der Waals surface area contributed by atoms with Gasteiger partial charge < -0.3 is 4.90 Å². The fourth-order valence-electron chi connectivity index (χ4n) is 2.34. The molecule has 0 saturated heterocycles. The molecule has 0 N–H and O–H groups in total. The van der Waals surface area contributed by atoms with Crippen molar-refractivity contribution in [2.24, 2.45) is 0 Å². The van der Waals surface area contributed by atoms with E-state index in [2.05, 4.69) is 41.9 Å². The van der Waals surface area contributed by atoms with E-state index in [9.17, 15) is 0 Å². The van der Waals surface area contributed by atoms with Gasteiger partial charge >= 0.3 is 0 Å². The van der Waals surface area contributed by atoms with Crippen LogP contribution in [0.15, 0.2) is 30.3 Å². The van der Waals surface area contributed by atoms with Gasteiger partial charge in [-0.3, -0.25) is 0 Å². The summed E-state index contributed by atoms with van der Waals surface area (Å²) in [4.78, 5) is 6.78. The van der Waals surface area contributed by atoms with Gasteiger partial charge in [0.15, 0.2) is 0 Å². The van der Waals surface area contributed by atoms with Crippen LogP contribution < -0.4 is 4.90 Å². The zero-order chi connectivity index (χ0) is 14.0. The quantitative estimate of drug-likeness (QED) is 0.766. The standard InChI is InChI=1S/C16H19ClN2/c1-11-7-5-6-8-15(11)19(4)16-14(10-17)12(2)9-13(3)18-16/h5-9H,10H2,1-4H3. The minimum absolute atomic E-state index is 0.477. The van der Waals surface area contributed by atoms with E-state index in [1.54, 1.807) is 0 Å². The summed E-state index contributed by atoms with van der Waals surface area (Å²) in [6.07, 6.45) is 0. The van der Waals surface area contributed by atoms with Gasteiger partial charge in [0, 0.05) is 24.0 Å². The van der Waals surface area contributed by atoms with Crippen molar-refractivity contribution in [3.63, 3.8) is 0 Å². The van der Waals surface area contributed by atoms with E-state index in [4.69, 9.17) is 11.6 Å². The van der Waals surface area contributed by atoms with Gasteiger partial charge in [-0.1, -0.05) is 18.2 Å². The number of alkyl halides is 1. The third-order valence-electron chi connectivity index (χ3n) is 3.38. The van der Waals surface area contributed by atoms with Crippen LogP contribution in [0.1, 0.15) is 22.4 Å². The minimum Gasteiger partial charge on any atom is -0.329 e. The van der Waals surface area contributed by atoms with Crippen LogP contribution in [0.2, 0.25) is 0 Å². The Kier molecular flexibility index (Phi) is 4.11. The van der Waals surface area contributed by atoms with Crippen molar-refractivity contribution in [1.29, 1.82) is 0 Å². The molecule has 0 radical (unpaired) electrons. The second kappa shape index (κ2) is 5.62. The lowest BCUT2D eigenvalue weighted by molar-refractivity contribution is 1.04. The molecule has 0 amide bonds. The molecule has 2 aromatic rings. The Bertz CT molecular complexity index is 593. The van der Waals surface area contributed by atoms with Crippen LogP contribution in [0.5, 0.6) is 0 Å². The molecular weight excluding hydrogens is 256 g/mol. The zero-order valence-corrected chi connectivity index (χ0v) is 12.6. The number of pyridine rings is 1. The van der Waals surface area contributed by atoms with Gasteiger partial charge in [-0.15, -0.1) is 11.6 Å². The summed E-state index contributed by atoms with van der Waals surface area (Å²) < 4.78 is 0. The highest BCUT2D eigenvalue weighted by Gasteiger charge is 2.14. The molecule has 0 bridgehead atoms. The van der Waals surface area contributed by atoms with Crippen LogP contribution in [0.25, 0.3) is 0 Å². The molecule has 2 rings (SSSR count). The number of nitrogens with zero attached hydrogens (tertiary/aromatic N) is 2. The lowest BCUT2D eigenvalue weighted by atomic mass is 10.1. The smallest absolute Gasteiger partial charge is 0.137 e. The second-order valence-corrected chi connectivity index (χ2v) is 5.13. The average Bonchev–Trinajstić information content (AvgIpc) is 2.37. The fraction of sp³-hybridized carbons (Fsp3) is 0.312. The van der Waals surface area contributed by atoms with Crippen molar-refractivity contribution >= 4 is 23.1 Å². The SMILES string of the molecule is Cc1cc(C)c(CCl)c(N(C)c2ccccc2C)n1. The van der Waals surface area contributed by atoms with Crippen molar-refractivity contribution in [1.82, 2.24) is 4.98 Å². The van der Waals surface area contributed by atoms with Gasteiger partial charge in [-0.25, -0.2) is 4.98 Å². The highest BCUT2D eigenvalue weighted by Crippen LogP contribution is 2.30. The van der Waals surface area contributed by atoms with Crippen LogP contribution >= 0.6 is 11.6 Å². The Morgan fingerprint density at radius 1 is 1.11 bits per heavy atom. The fourth-order valence-corrected chi connectivity index (χ4v) is 2.67. The predicted octanol–water partition coefficient (Wildman–Crippen LogP) is 4.51. The van der Waals surface area contributed by atoms with E-state index >= 15 is 0 Å². The number of para-hydroxylation sites is 1. The van der Waals surface area contributed by atoms with Crippen molar-refractivity contribution < 1.29 is 0 Å². The summed E-state index contributed by atoms with van der Waals surface area (Å²) >= 11 is 6.09. The van der Waals surface area contributed by atoms with Gasteiger partial charge in [0.25, 0.3) is 0 Å². The number of aromatic nitrogens is 1. The lowest BCUT2D eigenvalue weighted by Gasteiger charge is -2.24. The number of benzene rings is 1. The Balaban J connectivity index is 2.55. The molecule has 1 aromatic carbocycles. The van der Waals surface area contributed by atoms with Gasteiger partial charge in [0.05, 0.1) is 5.88 Å². The first-order valence-corrected chi connectivity index (χ1v) is 6.90. The minimum atomic E-state index is 0.477. The molecule has 3 heteroatoms. The highest BCUT2D eigenvalue weighted by molar-refractivity contribution is 6.17. The first kappa shape index (κ1) is 13.9. The van der Waals surface area contributed by atoms with Crippen molar-refractivity contribution in [2.45, 2.75) is 26.7 Å². The third kappa shape index (κ3) is 2.74. The van der Waals surface area contributed by atoms with E-state index in [1.807, 2.05) is 26.1 Å². The maximum atomic E-state index is 6.09. The molecule has 0 saturated carbocycles. The lowest BCUT2D eigenvalue weighted by Crippen LogP contribution is -2.15. The molecule has 100 valence electrons. The van der Waals surface area contributed by atoms with Crippen LogP contribution in [0.3, 0.4) is 0 Å². The molecule has 19 heavy (non-hydrogen) atoms. The van der Waals surface area contributed by atoms with E-state index in [0.717, 1.165) is 22.8 Å². The summed E-state index contributed by atoms with van der Waals surface area (Å²) in [5.41, 5.74) is 5.69. The van der Waals surface area contributed by atoms with Crippen molar-refractivity contribution in [3.05, 3.63) is 52.7 Å². The first-order chi connectivity index (χ1) is 9.04. The van der Waals surface area contributed by atoms with E-state index in [0.29, 0.717) is 5.88 Å². The largest absolute Gasteiger partial charge is 0.329 e. The number of hydrogen-bond donors (Lipinski definition) is 0. The maximum Gasteiger partial charge on any atom is 0.137 e. The topological polar surface area (TPSA) is 16.1 Å². The summed E-state index contributed by atoms with van der Waals surface area (Å²) in [6, 6.07) is 10.4. The monoisotopic (exact) mass is 274 g/mol. The maximum absolute atomic E-state index is 6.09. The molecule has 0 atom stereocenters. The van der Waals surface area contributed by atoms with Crippen molar-refractivity contribution in [2.75, 3.05) is 11.9 Å². The molecule has 1 heterocycles.